The fourth-order valence-corrected chi connectivity index (χ4v) is 2.05. The molecule has 0 aliphatic carbocycles. The van der Waals surface area contributed by atoms with Gasteiger partial charge in [0.2, 0.25) is 0 Å². The Kier molecular flexibility index (Phi) is 7.18. The number of aliphatic hydroxyl groups is 1. The molecule has 2 rings (SSSR count). The minimum atomic E-state index is -0.481. The number of nitrogens with zero attached hydrogens (tertiary/aromatic N) is 2. The molecule has 3 nitrogen and oxygen atoms in total. The maximum atomic E-state index is 12.7. The summed E-state index contributed by atoms with van der Waals surface area (Å²) in [5.74, 6) is -0.712. The third-order valence-electron chi connectivity index (χ3n) is 2.35. The fourth-order valence-electron chi connectivity index (χ4n) is 1.29. The standard InChI is InChI=1S/C7H7BrFN.C6H5BrFNO/c1-2-5-3-7(8)10-4-6(5)9;7-6-1-4(3-10)5(8)2-9-6/h3-4H,2H2,1H3;1-2,10H,3H2. The van der Waals surface area contributed by atoms with Crippen LogP contribution in [0, 0.1) is 11.6 Å². The summed E-state index contributed by atoms with van der Waals surface area (Å²) in [6.45, 7) is 1.61. The van der Waals surface area contributed by atoms with Gasteiger partial charge in [-0.05, 0) is 56.0 Å². The number of aliphatic hydroxyl groups excluding tert-OH is 1. The zero-order valence-corrected chi connectivity index (χ0v) is 13.7. The van der Waals surface area contributed by atoms with E-state index in [9.17, 15) is 8.78 Å². The summed E-state index contributed by atoms with van der Waals surface area (Å²) in [4.78, 5) is 7.35. The maximum Gasteiger partial charge on any atom is 0.147 e. The molecule has 0 radical (unpaired) electrons. The highest BCUT2D eigenvalue weighted by molar-refractivity contribution is 9.10. The van der Waals surface area contributed by atoms with E-state index in [1.165, 1.54) is 12.3 Å². The Hall–Kier alpha value is -0.920. The molecule has 2 aromatic rings. The Morgan fingerprint density at radius 2 is 1.45 bits per heavy atom. The molecule has 0 unspecified atom stereocenters. The van der Waals surface area contributed by atoms with Gasteiger partial charge in [0.25, 0.3) is 0 Å². The Morgan fingerprint density at radius 3 is 1.80 bits per heavy atom. The number of pyridine rings is 2. The first kappa shape index (κ1) is 17.1. The van der Waals surface area contributed by atoms with E-state index in [0.717, 1.165) is 6.20 Å². The van der Waals surface area contributed by atoms with Gasteiger partial charge in [0.05, 0.1) is 19.0 Å². The number of hydrogen-bond donors (Lipinski definition) is 1. The number of hydrogen-bond acceptors (Lipinski definition) is 3. The summed E-state index contributed by atoms with van der Waals surface area (Å²) in [6.07, 6.45) is 2.99. The van der Waals surface area contributed by atoms with Crippen LogP contribution in [0.4, 0.5) is 8.78 Å². The van der Waals surface area contributed by atoms with Crippen LogP contribution in [-0.2, 0) is 13.0 Å². The van der Waals surface area contributed by atoms with E-state index in [0.29, 0.717) is 21.2 Å². The lowest BCUT2D eigenvalue weighted by atomic mass is 10.2. The predicted octanol–water partition coefficient (Wildman–Crippen LogP) is 4.02. The monoisotopic (exact) mass is 408 g/mol. The second kappa shape index (κ2) is 8.39. The lowest BCUT2D eigenvalue weighted by molar-refractivity contribution is 0.275. The normalized spacial score (nSPS) is 9.90. The third-order valence-corrected chi connectivity index (χ3v) is 3.22. The van der Waals surface area contributed by atoms with Crippen molar-refractivity contribution < 1.29 is 13.9 Å². The third kappa shape index (κ3) is 5.22. The zero-order chi connectivity index (χ0) is 15.1. The van der Waals surface area contributed by atoms with E-state index in [4.69, 9.17) is 5.11 Å². The molecule has 0 aliphatic rings. The molecule has 0 saturated carbocycles. The smallest absolute Gasteiger partial charge is 0.147 e. The van der Waals surface area contributed by atoms with E-state index >= 15 is 0 Å². The second-order valence-electron chi connectivity index (χ2n) is 3.71. The van der Waals surface area contributed by atoms with Gasteiger partial charge in [0, 0.05) is 5.56 Å². The van der Waals surface area contributed by atoms with Crippen molar-refractivity contribution in [3.8, 4) is 0 Å². The molecule has 0 amide bonds. The van der Waals surface area contributed by atoms with Gasteiger partial charge in [-0.25, -0.2) is 18.7 Å². The van der Waals surface area contributed by atoms with Crippen LogP contribution in [0.5, 0.6) is 0 Å². The highest BCUT2D eigenvalue weighted by atomic mass is 79.9. The average Bonchev–Trinajstić information content (AvgIpc) is 2.44. The highest BCUT2D eigenvalue weighted by Crippen LogP contribution is 2.12. The van der Waals surface area contributed by atoms with Crippen LogP contribution in [0.2, 0.25) is 0 Å². The SMILES string of the molecule is CCc1cc(Br)ncc1F.OCc1cc(Br)ncc1F. The molecular formula is C13H12Br2F2N2O. The van der Waals surface area contributed by atoms with E-state index in [1.807, 2.05) is 6.92 Å². The Labute approximate surface area is 132 Å². The van der Waals surface area contributed by atoms with Gasteiger partial charge < -0.3 is 5.11 Å². The van der Waals surface area contributed by atoms with Gasteiger partial charge in [0.15, 0.2) is 0 Å². The molecule has 0 fully saturated rings. The van der Waals surface area contributed by atoms with Crippen LogP contribution in [-0.4, -0.2) is 15.1 Å². The summed E-state index contributed by atoms with van der Waals surface area (Å²) in [5, 5.41) is 8.55. The first-order chi connectivity index (χ1) is 9.47. The summed E-state index contributed by atoms with van der Waals surface area (Å²) in [6, 6.07) is 3.13. The first-order valence-corrected chi connectivity index (χ1v) is 7.27. The largest absolute Gasteiger partial charge is 0.392 e. The van der Waals surface area contributed by atoms with Gasteiger partial charge in [0.1, 0.15) is 20.8 Å². The predicted molar refractivity (Wildman–Crippen MR) is 79.1 cm³/mol. The van der Waals surface area contributed by atoms with Crippen molar-refractivity contribution in [1.82, 2.24) is 9.97 Å². The van der Waals surface area contributed by atoms with Crippen molar-refractivity contribution in [3.05, 3.63) is 56.5 Å². The molecule has 0 aliphatic heterocycles. The molecule has 0 atom stereocenters. The average molecular weight is 410 g/mol. The summed E-state index contributed by atoms with van der Waals surface area (Å²) in [5.41, 5.74) is 0.948. The van der Waals surface area contributed by atoms with Crippen LogP contribution < -0.4 is 0 Å². The quantitative estimate of drug-likeness (QED) is 0.762. The van der Waals surface area contributed by atoms with Crippen molar-refractivity contribution in [3.63, 3.8) is 0 Å². The second-order valence-corrected chi connectivity index (χ2v) is 5.33. The number of aryl methyl sites for hydroxylation is 1. The lowest BCUT2D eigenvalue weighted by Gasteiger charge is -1.97. The molecule has 0 saturated heterocycles. The first-order valence-electron chi connectivity index (χ1n) is 5.68. The van der Waals surface area contributed by atoms with Crippen molar-refractivity contribution in [1.29, 1.82) is 0 Å². The van der Waals surface area contributed by atoms with E-state index in [1.54, 1.807) is 6.07 Å². The maximum absolute atomic E-state index is 12.7. The van der Waals surface area contributed by atoms with Crippen molar-refractivity contribution in [2.75, 3.05) is 0 Å². The minimum absolute atomic E-state index is 0.231. The van der Waals surface area contributed by atoms with Crippen molar-refractivity contribution in [2.24, 2.45) is 0 Å². The molecule has 2 heterocycles. The molecular weight excluding hydrogens is 398 g/mol. The topological polar surface area (TPSA) is 46.0 Å². The minimum Gasteiger partial charge on any atom is -0.392 e. The summed E-state index contributed by atoms with van der Waals surface area (Å²) < 4.78 is 26.4. The van der Waals surface area contributed by atoms with Gasteiger partial charge in [-0.1, -0.05) is 6.92 Å². The molecule has 1 N–H and O–H groups in total. The fraction of sp³-hybridized carbons (Fsp3) is 0.231. The van der Waals surface area contributed by atoms with E-state index in [2.05, 4.69) is 41.8 Å². The van der Waals surface area contributed by atoms with Crippen LogP contribution in [0.25, 0.3) is 0 Å². The molecule has 20 heavy (non-hydrogen) atoms. The molecule has 7 heteroatoms. The van der Waals surface area contributed by atoms with Gasteiger partial charge in [-0.3, -0.25) is 0 Å². The molecule has 2 aromatic heterocycles. The Bertz CT molecular complexity index is 531. The number of aromatic nitrogens is 2. The Balaban J connectivity index is 0.000000200. The molecule has 0 spiro atoms. The van der Waals surface area contributed by atoms with Gasteiger partial charge >= 0.3 is 0 Å². The molecule has 108 valence electrons. The van der Waals surface area contributed by atoms with Crippen molar-refractivity contribution in [2.45, 2.75) is 20.0 Å². The van der Waals surface area contributed by atoms with Crippen LogP contribution >= 0.6 is 31.9 Å². The summed E-state index contributed by atoms with van der Waals surface area (Å²) >= 11 is 6.21. The number of rotatable bonds is 2. The van der Waals surface area contributed by atoms with Gasteiger partial charge in [-0.2, -0.15) is 0 Å². The Morgan fingerprint density at radius 1 is 1.00 bits per heavy atom. The van der Waals surface area contributed by atoms with E-state index < -0.39 is 5.82 Å². The van der Waals surface area contributed by atoms with E-state index in [-0.39, 0.29) is 18.0 Å². The number of halogens is 4. The van der Waals surface area contributed by atoms with Crippen molar-refractivity contribution >= 4 is 31.9 Å². The zero-order valence-electron chi connectivity index (χ0n) is 10.6. The molecule has 0 bridgehead atoms. The lowest BCUT2D eigenvalue weighted by Crippen LogP contribution is -1.90. The van der Waals surface area contributed by atoms with Crippen LogP contribution in [0.15, 0.2) is 33.7 Å². The molecule has 0 aromatic carbocycles. The summed E-state index contributed by atoms with van der Waals surface area (Å²) in [7, 11) is 0. The van der Waals surface area contributed by atoms with Gasteiger partial charge in [-0.15, -0.1) is 0 Å². The van der Waals surface area contributed by atoms with Crippen LogP contribution in [0.1, 0.15) is 18.1 Å². The highest BCUT2D eigenvalue weighted by Gasteiger charge is 2.00. The van der Waals surface area contributed by atoms with Crippen LogP contribution in [0.3, 0.4) is 0 Å².